The van der Waals surface area contributed by atoms with Gasteiger partial charge in [-0.05, 0) is 13.8 Å². The van der Waals surface area contributed by atoms with Crippen molar-refractivity contribution in [3.05, 3.63) is 11.3 Å². The second-order valence-corrected chi connectivity index (χ2v) is 3.33. The summed E-state index contributed by atoms with van der Waals surface area (Å²) in [6.07, 6.45) is 0. The smallest absolute Gasteiger partial charge is 0.343 e. The van der Waals surface area contributed by atoms with E-state index in [1.54, 1.807) is 20.9 Å². The molecule has 0 saturated heterocycles. The Balaban J connectivity index is 3.14. The van der Waals surface area contributed by atoms with Crippen molar-refractivity contribution in [1.82, 2.24) is 9.78 Å². The van der Waals surface area contributed by atoms with Gasteiger partial charge >= 0.3 is 5.97 Å². The quantitative estimate of drug-likeness (QED) is 0.774. The lowest BCUT2D eigenvalue weighted by molar-refractivity contribution is -0.114. The van der Waals surface area contributed by atoms with Crippen LogP contribution in [0, 0.1) is 6.92 Å². The van der Waals surface area contributed by atoms with E-state index in [1.165, 1.54) is 11.6 Å². The van der Waals surface area contributed by atoms with E-state index in [-0.39, 0.29) is 12.5 Å². The van der Waals surface area contributed by atoms with Gasteiger partial charge in [-0.25, -0.2) is 4.79 Å². The summed E-state index contributed by atoms with van der Waals surface area (Å²) in [4.78, 5) is 22.7. The van der Waals surface area contributed by atoms with Crippen molar-refractivity contribution >= 4 is 17.7 Å². The molecule has 0 radical (unpaired) electrons. The average Bonchev–Trinajstić information content (AvgIpc) is 2.41. The van der Waals surface area contributed by atoms with E-state index in [2.05, 4.69) is 10.4 Å². The van der Waals surface area contributed by atoms with Gasteiger partial charge in [-0.2, -0.15) is 5.10 Å². The SMILES string of the molecule is CCOC(=O)c1c(C)nn(C)c1NC(C)=O. The van der Waals surface area contributed by atoms with Crippen LogP contribution in [0.1, 0.15) is 29.9 Å². The lowest BCUT2D eigenvalue weighted by Gasteiger charge is -2.06. The van der Waals surface area contributed by atoms with Crippen molar-refractivity contribution < 1.29 is 14.3 Å². The van der Waals surface area contributed by atoms with Crippen LogP contribution in [-0.2, 0) is 16.6 Å². The number of carbonyl (C=O) groups is 2. The number of hydrogen-bond acceptors (Lipinski definition) is 4. The highest BCUT2D eigenvalue weighted by molar-refractivity contribution is 6.00. The number of hydrogen-bond donors (Lipinski definition) is 1. The molecule has 0 saturated carbocycles. The second kappa shape index (κ2) is 4.78. The van der Waals surface area contributed by atoms with Crippen molar-refractivity contribution in [3.8, 4) is 0 Å². The number of aromatic nitrogens is 2. The van der Waals surface area contributed by atoms with Gasteiger partial charge in [0.2, 0.25) is 5.91 Å². The number of rotatable bonds is 3. The molecule has 1 heterocycles. The van der Waals surface area contributed by atoms with Gasteiger partial charge in [0.05, 0.1) is 12.3 Å². The monoisotopic (exact) mass is 225 g/mol. The van der Waals surface area contributed by atoms with E-state index >= 15 is 0 Å². The Bertz CT molecular complexity index is 423. The zero-order chi connectivity index (χ0) is 12.3. The van der Waals surface area contributed by atoms with Gasteiger partial charge in [-0.1, -0.05) is 0 Å². The van der Waals surface area contributed by atoms with Gasteiger partial charge < -0.3 is 10.1 Å². The number of amides is 1. The van der Waals surface area contributed by atoms with Crippen LogP contribution >= 0.6 is 0 Å². The molecule has 0 atom stereocenters. The topological polar surface area (TPSA) is 73.2 Å². The predicted octanol–water partition coefficient (Wildman–Crippen LogP) is 0.864. The summed E-state index contributed by atoms with van der Waals surface area (Å²) in [6, 6.07) is 0. The van der Waals surface area contributed by atoms with Gasteiger partial charge in [0.25, 0.3) is 0 Å². The summed E-state index contributed by atoms with van der Waals surface area (Å²) in [5, 5.41) is 6.63. The van der Waals surface area contributed by atoms with Crippen molar-refractivity contribution in [2.75, 3.05) is 11.9 Å². The zero-order valence-corrected chi connectivity index (χ0v) is 9.83. The first kappa shape index (κ1) is 12.2. The zero-order valence-electron chi connectivity index (χ0n) is 9.83. The molecule has 0 unspecified atom stereocenters. The first-order valence-electron chi connectivity index (χ1n) is 4.95. The van der Waals surface area contributed by atoms with Gasteiger partial charge in [-0.3, -0.25) is 9.48 Å². The molecule has 1 rings (SSSR count). The minimum atomic E-state index is -0.475. The van der Waals surface area contributed by atoms with E-state index in [4.69, 9.17) is 4.74 Å². The van der Waals surface area contributed by atoms with Gasteiger partial charge in [0.1, 0.15) is 11.4 Å². The summed E-state index contributed by atoms with van der Waals surface area (Å²) < 4.78 is 6.35. The van der Waals surface area contributed by atoms with E-state index in [0.29, 0.717) is 17.1 Å². The fourth-order valence-corrected chi connectivity index (χ4v) is 1.42. The number of carbonyl (C=O) groups excluding carboxylic acids is 2. The van der Waals surface area contributed by atoms with E-state index < -0.39 is 5.97 Å². The van der Waals surface area contributed by atoms with Gasteiger partial charge in [0.15, 0.2) is 0 Å². The van der Waals surface area contributed by atoms with Crippen LogP contribution in [0.25, 0.3) is 0 Å². The maximum atomic E-state index is 11.7. The molecule has 16 heavy (non-hydrogen) atoms. The number of ether oxygens (including phenoxy) is 1. The third kappa shape index (κ3) is 2.39. The van der Waals surface area contributed by atoms with Crippen molar-refractivity contribution in [3.63, 3.8) is 0 Å². The molecule has 88 valence electrons. The Morgan fingerprint density at radius 1 is 1.50 bits per heavy atom. The third-order valence-electron chi connectivity index (χ3n) is 2.00. The van der Waals surface area contributed by atoms with Crippen LogP contribution in [-0.4, -0.2) is 28.3 Å². The Hall–Kier alpha value is -1.85. The number of nitrogens with zero attached hydrogens (tertiary/aromatic N) is 2. The van der Waals surface area contributed by atoms with Crippen LogP contribution in [0.5, 0.6) is 0 Å². The largest absolute Gasteiger partial charge is 0.462 e. The molecular formula is C10H15N3O3. The van der Waals surface area contributed by atoms with Crippen LogP contribution in [0.2, 0.25) is 0 Å². The van der Waals surface area contributed by atoms with Crippen LogP contribution in [0.15, 0.2) is 0 Å². The first-order chi connectivity index (χ1) is 7.47. The van der Waals surface area contributed by atoms with Crippen LogP contribution in [0.4, 0.5) is 5.82 Å². The summed E-state index contributed by atoms with van der Waals surface area (Å²) in [7, 11) is 1.65. The number of esters is 1. The summed E-state index contributed by atoms with van der Waals surface area (Å²) in [6.45, 7) is 5.07. The normalized spacial score (nSPS) is 10.0. The predicted molar refractivity (Wildman–Crippen MR) is 58.2 cm³/mol. The molecule has 1 amide bonds. The molecule has 0 aliphatic rings. The van der Waals surface area contributed by atoms with Crippen molar-refractivity contribution in [2.24, 2.45) is 7.05 Å². The standard InChI is InChI=1S/C10H15N3O3/c1-5-16-10(15)8-6(2)12-13(4)9(8)11-7(3)14/h5H2,1-4H3,(H,11,14). The molecule has 0 aliphatic carbocycles. The Kier molecular flexibility index (Phi) is 3.65. The molecule has 6 nitrogen and oxygen atoms in total. The highest BCUT2D eigenvalue weighted by Gasteiger charge is 2.21. The summed E-state index contributed by atoms with van der Waals surface area (Å²) in [5.74, 6) is -0.367. The van der Waals surface area contributed by atoms with Crippen LogP contribution < -0.4 is 5.32 Å². The number of nitrogens with one attached hydrogen (secondary N) is 1. The summed E-state index contributed by atoms with van der Waals surface area (Å²) >= 11 is 0. The molecule has 0 bridgehead atoms. The molecular weight excluding hydrogens is 210 g/mol. The second-order valence-electron chi connectivity index (χ2n) is 3.33. The van der Waals surface area contributed by atoms with E-state index in [1.807, 2.05) is 0 Å². The van der Waals surface area contributed by atoms with Gasteiger partial charge in [-0.15, -0.1) is 0 Å². The molecule has 6 heteroatoms. The minimum Gasteiger partial charge on any atom is -0.462 e. The van der Waals surface area contributed by atoms with Crippen molar-refractivity contribution in [2.45, 2.75) is 20.8 Å². The van der Waals surface area contributed by atoms with E-state index in [0.717, 1.165) is 0 Å². The number of aryl methyl sites for hydroxylation is 2. The minimum absolute atomic E-state index is 0.256. The lowest BCUT2D eigenvalue weighted by Crippen LogP contribution is -2.14. The van der Waals surface area contributed by atoms with Gasteiger partial charge in [0, 0.05) is 14.0 Å². The number of anilines is 1. The highest BCUT2D eigenvalue weighted by Crippen LogP contribution is 2.19. The third-order valence-corrected chi connectivity index (χ3v) is 2.00. The Morgan fingerprint density at radius 3 is 2.62 bits per heavy atom. The average molecular weight is 225 g/mol. The fraction of sp³-hybridized carbons (Fsp3) is 0.500. The maximum Gasteiger partial charge on any atom is 0.343 e. The van der Waals surface area contributed by atoms with Crippen LogP contribution in [0.3, 0.4) is 0 Å². The molecule has 1 aromatic heterocycles. The molecule has 0 spiro atoms. The Labute approximate surface area is 93.6 Å². The maximum absolute atomic E-state index is 11.7. The fourth-order valence-electron chi connectivity index (χ4n) is 1.42. The Morgan fingerprint density at radius 2 is 2.12 bits per heavy atom. The first-order valence-corrected chi connectivity index (χ1v) is 4.95. The molecule has 0 aromatic carbocycles. The lowest BCUT2D eigenvalue weighted by atomic mass is 10.2. The molecule has 0 aliphatic heterocycles. The summed E-state index contributed by atoms with van der Waals surface area (Å²) in [5.41, 5.74) is 0.837. The molecule has 1 aromatic rings. The highest BCUT2D eigenvalue weighted by atomic mass is 16.5. The molecule has 0 fully saturated rings. The molecule has 1 N–H and O–H groups in total. The van der Waals surface area contributed by atoms with E-state index in [9.17, 15) is 9.59 Å². The van der Waals surface area contributed by atoms with Crippen molar-refractivity contribution in [1.29, 1.82) is 0 Å².